The Labute approximate surface area is 150 Å². The standard InChI is InChI=1S/C16H20ClN3OS2/c1-3-12(4-2)15-19-20-16(23-15)18-14(21)10-22-9-11-5-7-13(17)8-6-11/h5-8,12H,3-4,9-10H2,1-2H3,(H,18,20,21). The second-order valence-electron chi connectivity index (χ2n) is 5.13. The number of nitrogens with one attached hydrogen (secondary N) is 1. The van der Waals surface area contributed by atoms with Crippen LogP contribution in [0.25, 0.3) is 0 Å². The Morgan fingerprint density at radius 1 is 1.26 bits per heavy atom. The lowest BCUT2D eigenvalue weighted by Gasteiger charge is -2.05. The van der Waals surface area contributed by atoms with Crippen molar-refractivity contribution in [3.63, 3.8) is 0 Å². The number of amides is 1. The van der Waals surface area contributed by atoms with E-state index < -0.39 is 0 Å². The molecule has 2 aromatic rings. The van der Waals surface area contributed by atoms with E-state index in [1.807, 2.05) is 24.3 Å². The van der Waals surface area contributed by atoms with Crippen LogP contribution in [0.5, 0.6) is 0 Å². The molecule has 124 valence electrons. The van der Waals surface area contributed by atoms with Crippen molar-refractivity contribution < 1.29 is 4.79 Å². The minimum atomic E-state index is -0.0452. The molecule has 0 aliphatic rings. The molecule has 0 atom stereocenters. The van der Waals surface area contributed by atoms with Gasteiger partial charge in [0.1, 0.15) is 5.01 Å². The SMILES string of the molecule is CCC(CC)c1nnc(NC(=O)CSCc2ccc(Cl)cc2)s1. The summed E-state index contributed by atoms with van der Waals surface area (Å²) < 4.78 is 0. The highest BCUT2D eigenvalue weighted by Crippen LogP contribution is 2.28. The van der Waals surface area contributed by atoms with Crippen LogP contribution in [0.1, 0.15) is 43.2 Å². The fourth-order valence-corrected chi connectivity index (χ4v) is 4.03. The molecule has 0 spiro atoms. The third-order valence-corrected chi connectivity index (χ3v) is 5.69. The molecule has 23 heavy (non-hydrogen) atoms. The van der Waals surface area contributed by atoms with Crippen LogP contribution in [0.15, 0.2) is 24.3 Å². The molecule has 4 nitrogen and oxygen atoms in total. The van der Waals surface area contributed by atoms with Crippen LogP contribution in [-0.2, 0) is 10.5 Å². The van der Waals surface area contributed by atoms with E-state index in [0.29, 0.717) is 16.8 Å². The smallest absolute Gasteiger partial charge is 0.236 e. The van der Waals surface area contributed by atoms with Crippen LogP contribution in [0.3, 0.4) is 0 Å². The van der Waals surface area contributed by atoms with Crippen molar-refractivity contribution in [1.29, 1.82) is 0 Å². The Bertz CT molecular complexity index is 627. The van der Waals surface area contributed by atoms with E-state index in [0.717, 1.165) is 34.2 Å². The number of aromatic nitrogens is 2. The molecular formula is C16H20ClN3OS2. The first-order valence-electron chi connectivity index (χ1n) is 7.57. The molecule has 0 radical (unpaired) electrons. The van der Waals surface area contributed by atoms with E-state index in [1.54, 1.807) is 11.8 Å². The minimum Gasteiger partial charge on any atom is -0.300 e. The maximum absolute atomic E-state index is 12.0. The van der Waals surface area contributed by atoms with Crippen LogP contribution >= 0.6 is 34.7 Å². The number of halogens is 1. The van der Waals surface area contributed by atoms with Gasteiger partial charge < -0.3 is 0 Å². The van der Waals surface area contributed by atoms with E-state index in [1.165, 1.54) is 11.3 Å². The topological polar surface area (TPSA) is 54.9 Å². The number of benzene rings is 1. The van der Waals surface area contributed by atoms with Gasteiger partial charge in [-0.1, -0.05) is 48.9 Å². The Morgan fingerprint density at radius 3 is 2.61 bits per heavy atom. The van der Waals surface area contributed by atoms with Crippen molar-refractivity contribution in [2.24, 2.45) is 0 Å². The Kier molecular flexibility index (Phi) is 7.33. The molecule has 0 bridgehead atoms. The predicted octanol–water partition coefficient (Wildman–Crippen LogP) is 4.97. The second kappa shape index (κ2) is 9.25. The summed E-state index contributed by atoms with van der Waals surface area (Å²) in [6, 6.07) is 7.66. The van der Waals surface area contributed by atoms with Gasteiger partial charge in [-0.2, -0.15) is 0 Å². The Morgan fingerprint density at radius 2 is 1.96 bits per heavy atom. The molecule has 1 N–H and O–H groups in total. The molecule has 1 aromatic carbocycles. The first kappa shape index (κ1) is 18.2. The van der Waals surface area contributed by atoms with E-state index in [-0.39, 0.29) is 5.91 Å². The zero-order chi connectivity index (χ0) is 16.7. The van der Waals surface area contributed by atoms with Gasteiger partial charge in [0.15, 0.2) is 0 Å². The van der Waals surface area contributed by atoms with Crippen LogP contribution < -0.4 is 5.32 Å². The molecule has 0 saturated carbocycles. The zero-order valence-electron chi connectivity index (χ0n) is 13.2. The highest BCUT2D eigenvalue weighted by atomic mass is 35.5. The largest absolute Gasteiger partial charge is 0.300 e. The number of carbonyl (C=O) groups is 1. The molecule has 0 aliphatic carbocycles. The van der Waals surface area contributed by atoms with Gasteiger partial charge in [-0.05, 0) is 30.5 Å². The monoisotopic (exact) mass is 369 g/mol. The van der Waals surface area contributed by atoms with Gasteiger partial charge in [0.05, 0.1) is 5.75 Å². The minimum absolute atomic E-state index is 0.0452. The first-order valence-corrected chi connectivity index (χ1v) is 9.92. The summed E-state index contributed by atoms with van der Waals surface area (Å²) in [6.07, 6.45) is 2.08. The van der Waals surface area contributed by atoms with Gasteiger partial charge in [-0.25, -0.2) is 0 Å². The summed E-state index contributed by atoms with van der Waals surface area (Å²) in [4.78, 5) is 12.0. The highest BCUT2D eigenvalue weighted by Gasteiger charge is 2.14. The summed E-state index contributed by atoms with van der Waals surface area (Å²) in [5, 5.41) is 13.4. The number of anilines is 1. The summed E-state index contributed by atoms with van der Waals surface area (Å²) in [5.41, 5.74) is 1.15. The average molecular weight is 370 g/mol. The lowest BCUT2D eigenvalue weighted by molar-refractivity contribution is -0.113. The molecule has 2 rings (SSSR count). The van der Waals surface area contributed by atoms with Crippen molar-refractivity contribution in [2.75, 3.05) is 11.1 Å². The Balaban J connectivity index is 1.77. The molecule has 1 aromatic heterocycles. The molecule has 0 aliphatic heterocycles. The van der Waals surface area contributed by atoms with Crippen LogP contribution in [0.4, 0.5) is 5.13 Å². The third-order valence-electron chi connectivity index (χ3n) is 3.44. The molecule has 0 fully saturated rings. The quantitative estimate of drug-likeness (QED) is 0.713. The summed E-state index contributed by atoms with van der Waals surface area (Å²) in [5.74, 6) is 1.55. The van der Waals surface area contributed by atoms with Crippen LogP contribution in [0.2, 0.25) is 5.02 Å². The van der Waals surface area contributed by atoms with E-state index in [4.69, 9.17) is 11.6 Å². The number of hydrogen-bond acceptors (Lipinski definition) is 5. The molecule has 0 saturated heterocycles. The van der Waals surface area contributed by atoms with Crippen LogP contribution in [-0.4, -0.2) is 21.9 Å². The van der Waals surface area contributed by atoms with Gasteiger partial charge in [0.2, 0.25) is 11.0 Å². The highest BCUT2D eigenvalue weighted by molar-refractivity contribution is 7.99. The first-order chi connectivity index (χ1) is 11.1. The van der Waals surface area contributed by atoms with Crippen LogP contribution in [0, 0.1) is 0 Å². The van der Waals surface area contributed by atoms with Gasteiger partial charge in [-0.15, -0.1) is 22.0 Å². The number of hydrogen-bond donors (Lipinski definition) is 1. The molecule has 1 heterocycles. The van der Waals surface area contributed by atoms with Gasteiger partial charge in [0, 0.05) is 16.7 Å². The molecular weight excluding hydrogens is 350 g/mol. The van der Waals surface area contributed by atoms with Gasteiger partial charge in [-0.3, -0.25) is 10.1 Å². The maximum Gasteiger partial charge on any atom is 0.236 e. The lowest BCUT2D eigenvalue weighted by atomic mass is 10.1. The Hall–Kier alpha value is -1.11. The zero-order valence-corrected chi connectivity index (χ0v) is 15.6. The van der Waals surface area contributed by atoms with Gasteiger partial charge >= 0.3 is 0 Å². The predicted molar refractivity (Wildman–Crippen MR) is 99.5 cm³/mol. The van der Waals surface area contributed by atoms with E-state index >= 15 is 0 Å². The fraction of sp³-hybridized carbons (Fsp3) is 0.438. The summed E-state index contributed by atoms with van der Waals surface area (Å²) in [7, 11) is 0. The number of rotatable bonds is 8. The van der Waals surface area contributed by atoms with Crippen molar-refractivity contribution in [1.82, 2.24) is 10.2 Å². The average Bonchev–Trinajstić information content (AvgIpc) is 2.99. The van der Waals surface area contributed by atoms with Crippen molar-refractivity contribution in [3.05, 3.63) is 39.9 Å². The molecule has 0 unspecified atom stereocenters. The number of nitrogens with zero attached hydrogens (tertiary/aromatic N) is 2. The van der Waals surface area contributed by atoms with Gasteiger partial charge in [0.25, 0.3) is 0 Å². The second-order valence-corrected chi connectivity index (χ2v) is 7.56. The maximum atomic E-state index is 12.0. The summed E-state index contributed by atoms with van der Waals surface area (Å²) >= 11 is 8.88. The molecule has 1 amide bonds. The van der Waals surface area contributed by atoms with E-state index in [2.05, 4.69) is 29.4 Å². The molecule has 7 heteroatoms. The third kappa shape index (κ3) is 5.79. The fourth-order valence-electron chi connectivity index (χ4n) is 2.09. The van der Waals surface area contributed by atoms with Crippen molar-refractivity contribution >= 4 is 45.7 Å². The van der Waals surface area contributed by atoms with Crippen molar-refractivity contribution in [2.45, 2.75) is 38.4 Å². The van der Waals surface area contributed by atoms with E-state index in [9.17, 15) is 4.79 Å². The normalized spacial score (nSPS) is 11.0. The number of thioether (sulfide) groups is 1. The summed E-state index contributed by atoms with van der Waals surface area (Å²) in [6.45, 7) is 4.28. The number of carbonyl (C=O) groups excluding carboxylic acids is 1. The van der Waals surface area contributed by atoms with Crippen molar-refractivity contribution in [3.8, 4) is 0 Å². The lowest BCUT2D eigenvalue weighted by Crippen LogP contribution is -2.13.